The van der Waals surface area contributed by atoms with Crippen LogP contribution in [-0.4, -0.2) is 32.2 Å². The largest absolute Gasteiger partial charge is 0.349 e. The van der Waals surface area contributed by atoms with Gasteiger partial charge in [0.2, 0.25) is 5.91 Å². The minimum atomic E-state index is -0.193. The average Bonchev–Trinajstić information content (AvgIpc) is 2.77. The molecule has 1 rings (SSSR count). The number of nitrogens with zero attached hydrogens (tertiary/aromatic N) is 3. The molecule has 0 aliphatic rings. The van der Waals surface area contributed by atoms with E-state index in [0.29, 0.717) is 0 Å². The summed E-state index contributed by atoms with van der Waals surface area (Å²) in [6.45, 7) is 7.57. The summed E-state index contributed by atoms with van der Waals surface area (Å²) in [7, 11) is 0. The van der Waals surface area contributed by atoms with Gasteiger partial charge in [-0.25, -0.2) is 4.68 Å². The number of Topliss-reactive ketones (excluding diaryl/α,β-unsaturated/α-hetero) is 1. The monoisotopic (exact) mass is 252 g/mol. The number of aromatic nitrogens is 3. The van der Waals surface area contributed by atoms with Gasteiger partial charge in [0.15, 0.2) is 5.78 Å². The van der Waals surface area contributed by atoms with Gasteiger partial charge in [0.05, 0.1) is 6.20 Å². The lowest BCUT2D eigenvalue weighted by Gasteiger charge is -2.28. The molecule has 18 heavy (non-hydrogen) atoms. The molecule has 1 N–H and O–H groups in total. The second kappa shape index (κ2) is 5.75. The fraction of sp³-hybridized carbons (Fsp3) is 0.667. The van der Waals surface area contributed by atoms with Crippen molar-refractivity contribution >= 4 is 11.7 Å². The number of hydrogen-bond donors (Lipinski definition) is 1. The van der Waals surface area contributed by atoms with Crippen LogP contribution in [-0.2, 0) is 11.3 Å². The van der Waals surface area contributed by atoms with Crippen molar-refractivity contribution in [3.05, 3.63) is 11.9 Å². The second-order valence-electron chi connectivity index (χ2n) is 4.67. The van der Waals surface area contributed by atoms with Crippen molar-refractivity contribution < 1.29 is 9.59 Å². The smallest absolute Gasteiger partial charge is 0.242 e. The standard InChI is InChI=1S/C12H20N4O2/c1-5-12(4,6-2)13-11(18)8-16-7-10(9(3)17)14-15-16/h7H,5-6,8H2,1-4H3,(H,13,18). The summed E-state index contributed by atoms with van der Waals surface area (Å²) in [5.41, 5.74) is 0.0812. The number of carbonyl (C=O) groups excluding carboxylic acids is 2. The van der Waals surface area contributed by atoms with Crippen molar-refractivity contribution in [3.63, 3.8) is 0 Å². The molecule has 1 amide bonds. The van der Waals surface area contributed by atoms with Crippen molar-refractivity contribution in [3.8, 4) is 0 Å². The van der Waals surface area contributed by atoms with Gasteiger partial charge in [-0.2, -0.15) is 0 Å². The predicted molar refractivity (Wildman–Crippen MR) is 67.2 cm³/mol. The first kappa shape index (κ1) is 14.3. The maximum Gasteiger partial charge on any atom is 0.242 e. The fourth-order valence-electron chi connectivity index (χ4n) is 1.49. The lowest BCUT2D eigenvalue weighted by atomic mass is 9.95. The average molecular weight is 252 g/mol. The van der Waals surface area contributed by atoms with E-state index in [2.05, 4.69) is 15.6 Å². The van der Waals surface area contributed by atoms with E-state index in [0.717, 1.165) is 12.8 Å². The van der Waals surface area contributed by atoms with Gasteiger partial charge < -0.3 is 5.32 Å². The van der Waals surface area contributed by atoms with Crippen LogP contribution in [0, 0.1) is 0 Å². The van der Waals surface area contributed by atoms with Gasteiger partial charge in [0, 0.05) is 12.5 Å². The lowest BCUT2D eigenvalue weighted by Crippen LogP contribution is -2.46. The Labute approximate surface area is 107 Å². The van der Waals surface area contributed by atoms with Gasteiger partial charge in [0.1, 0.15) is 12.2 Å². The Morgan fingerprint density at radius 3 is 2.44 bits per heavy atom. The first-order chi connectivity index (χ1) is 8.40. The number of rotatable bonds is 6. The maximum atomic E-state index is 11.8. The van der Waals surface area contributed by atoms with Crippen LogP contribution >= 0.6 is 0 Å². The predicted octanol–water partition coefficient (Wildman–Crippen LogP) is 1.18. The van der Waals surface area contributed by atoms with E-state index in [1.54, 1.807) is 0 Å². The van der Waals surface area contributed by atoms with Crippen molar-refractivity contribution in [2.24, 2.45) is 0 Å². The zero-order chi connectivity index (χ0) is 13.8. The highest BCUT2D eigenvalue weighted by Crippen LogP contribution is 2.13. The molecule has 0 atom stereocenters. The first-order valence-electron chi connectivity index (χ1n) is 6.12. The molecule has 0 saturated carbocycles. The third-order valence-corrected chi connectivity index (χ3v) is 3.21. The molecule has 0 aromatic carbocycles. The fourth-order valence-corrected chi connectivity index (χ4v) is 1.49. The van der Waals surface area contributed by atoms with Crippen molar-refractivity contribution in [1.29, 1.82) is 0 Å². The molecule has 6 nitrogen and oxygen atoms in total. The van der Waals surface area contributed by atoms with Crippen LogP contribution in [0.2, 0.25) is 0 Å². The van der Waals surface area contributed by atoms with Crippen molar-refractivity contribution in [2.45, 2.75) is 52.6 Å². The minimum absolute atomic E-state index is 0.0792. The highest BCUT2D eigenvalue weighted by molar-refractivity contribution is 5.91. The molecule has 1 heterocycles. The summed E-state index contributed by atoms with van der Waals surface area (Å²) in [4.78, 5) is 22.9. The van der Waals surface area contributed by atoms with Crippen LogP contribution in [0.4, 0.5) is 0 Å². The molecule has 0 spiro atoms. The molecule has 0 aliphatic carbocycles. The number of ketones is 1. The SMILES string of the molecule is CCC(C)(CC)NC(=O)Cn1cc(C(C)=O)nn1. The van der Waals surface area contributed by atoms with Crippen LogP contribution in [0.15, 0.2) is 6.20 Å². The second-order valence-corrected chi connectivity index (χ2v) is 4.67. The number of carbonyl (C=O) groups is 2. The van der Waals surface area contributed by atoms with Crippen LogP contribution in [0.5, 0.6) is 0 Å². The molecule has 100 valence electrons. The molecule has 0 bridgehead atoms. The number of amides is 1. The summed E-state index contributed by atoms with van der Waals surface area (Å²) < 4.78 is 1.37. The summed E-state index contributed by atoms with van der Waals surface area (Å²) in [6.07, 6.45) is 3.22. The Kier molecular flexibility index (Phi) is 4.58. The van der Waals surface area contributed by atoms with Gasteiger partial charge in [-0.05, 0) is 19.8 Å². The van der Waals surface area contributed by atoms with Crippen LogP contribution < -0.4 is 5.32 Å². The van der Waals surface area contributed by atoms with E-state index in [1.807, 2.05) is 20.8 Å². The normalized spacial score (nSPS) is 11.3. The highest BCUT2D eigenvalue weighted by atomic mass is 16.2. The summed E-state index contributed by atoms with van der Waals surface area (Å²) in [5, 5.41) is 10.4. The molecular formula is C12H20N4O2. The zero-order valence-corrected chi connectivity index (χ0v) is 11.4. The molecule has 0 fully saturated rings. The molecule has 6 heteroatoms. The zero-order valence-electron chi connectivity index (χ0n) is 11.4. The Hall–Kier alpha value is -1.72. The number of hydrogen-bond acceptors (Lipinski definition) is 4. The van der Waals surface area contributed by atoms with Crippen molar-refractivity contribution in [1.82, 2.24) is 20.3 Å². The minimum Gasteiger partial charge on any atom is -0.349 e. The van der Waals surface area contributed by atoms with Gasteiger partial charge >= 0.3 is 0 Å². The van der Waals surface area contributed by atoms with E-state index < -0.39 is 0 Å². The number of nitrogens with one attached hydrogen (secondary N) is 1. The van der Waals surface area contributed by atoms with E-state index in [4.69, 9.17) is 0 Å². The molecule has 1 aromatic rings. The van der Waals surface area contributed by atoms with Gasteiger partial charge in [-0.3, -0.25) is 9.59 Å². The molecule has 0 unspecified atom stereocenters. The topological polar surface area (TPSA) is 76.9 Å². The van der Waals surface area contributed by atoms with Gasteiger partial charge in [0.25, 0.3) is 0 Å². The summed E-state index contributed by atoms with van der Waals surface area (Å²) in [6, 6.07) is 0. The van der Waals surface area contributed by atoms with Gasteiger partial charge in [-0.1, -0.05) is 19.1 Å². The lowest BCUT2D eigenvalue weighted by molar-refractivity contribution is -0.123. The molecular weight excluding hydrogens is 232 g/mol. The summed E-state index contributed by atoms with van der Waals surface area (Å²) >= 11 is 0. The van der Waals surface area contributed by atoms with E-state index in [1.165, 1.54) is 17.8 Å². The Morgan fingerprint density at radius 2 is 2.00 bits per heavy atom. The summed E-state index contributed by atoms with van der Waals surface area (Å²) in [5.74, 6) is -0.283. The van der Waals surface area contributed by atoms with E-state index in [-0.39, 0.29) is 29.5 Å². The molecule has 0 radical (unpaired) electrons. The van der Waals surface area contributed by atoms with Crippen LogP contribution in [0.25, 0.3) is 0 Å². The van der Waals surface area contributed by atoms with E-state index in [9.17, 15) is 9.59 Å². The highest BCUT2D eigenvalue weighted by Gasteiger charge is 2.22. The Bertz CT molecular complexity index is 435. The van der Waals surface area contributed by atoms with E-state index >= 15 is 0 Å². The Balaban J connectivity index is 2.61. The third kappa shape index (κ3) is 3.65. The molecule has 1 aromatic heterocycles. The first-order valence-corrected chi connectivity index (χ1v) is 6.12. The van der Waals surface area contributed by atoms with Crippen LogP contribution in [0.1, 0.15) is 51.0 Å². The quantitative estimate of drug-likeness (QED) is 0.771. The third-order valence-electron chi connectivity index (χ3n) is 3.21. The molecule has 0 saturated heterocycles. The Morgan fingerprint density at radius 1 is 1.39 bits per heavy atom. The van der Waals surface area contributed by atoms with Crippen LogP contribution in [0.3, 0.4) is 0 Å². The maximum absolute atomic E-state index is 11.8. The van der Waals surface area contributed by atoms with Gasteiger partial charge in [-0.15, -0.1) is 5.10 Å². The van der Waals surface area contributed by atoms with Crippen molar-refractivity contribution in [2.75, 3.05) is 0 Å². The molecule has 0 aliphatic heterocycles.